The molecule has 98 valence electrons. The highest BCUT2D eigenvalue weighted by Crippen LogP contribution is 2.23. The fourth-order valence-electron chi connectivity index (χ4n) is 2.46. The molecule has 2 aromatic rings. The zero-order valence-corrected chi connectivity index (χ0v) is 11.3. The van der Waals surface area contributed by atoms with Gasteiger partial charge in [-0.05, 0) is 24.5 Å². The average Bonchev–Trinajstić information content (AvgIpc) is 3.11. The summed E-state index contributed by atoms with van der Waals surface area (Å²) in [6.07, 6.45) is 7.20. The van der Waals surface area contributed by atoms with Crippen LogP contribution in [0.3, 0.4) is 0 Å². The van der Waals surface area contributed by atoms with Crippen molar-refractivity contribution in [3.8, 4) is 0 Å². The highest BCUT2D eigenvalue weighted by Gasteiger charge is 2.27. The minimum Gasteiger partial charge on any atom is -0.338 e. The quantitative estimate of drug-likeness (QED) is 0.861. The first-order valence-corrected chi connectivity index (χ1v) is 7.28. The Morgan fingerprint density at radius 3 is 3.16 bits per heavy atom. The lowest BCUT2D eigenvalue weighted by Gasteiger charge is -2.16. The average molecular weight is 273 g/mol. The van der Waals surface area contributed by atoms with Crippen LogP contribution in [0.25, 0.3) is 0 Å². The monoisotopic (exact) mass is 273 g/mol. The van der Waals surface area contributed by atoms with Gasteiger partial charge in [-0.3, -0.25) is 9.78 Å². The smallest absolute Gasteiger partial charge is 0.255 e. The molecule has 1 unspecified atom stereocenters. The van der Waals surface area contributed by atoms with Crippen molar-refractivity contribution in [2.24, 2.45) is 5.92 Å². The summed E-state index contributed by atoms with van der Waals surface area (Å²) in [5.74, 6) is 0.626. The van der Waals surface area contributed by atoms with Crippen LogP contribution in [0.4, 0.5) is 0 Å². The molecule has 3 rings (SSSR count). The summed E-state index contributed by atoms with van der Waals surface area (Å²) in [4.78, 5) is 22.5. The van der Waals surface area contributed by atoms with Gasteiger partial charge in [0, 0.05) is 43.5 Å². The molecule has 0 bridgehead atoms. The van der Waals surface area contributed by atoms with Crippen LogP contribution in [-0.4, -0.2) is 33.9 Å². The van der Waals surface area contributed by atoms with Crippen LogP contribution in [0.15, 0.2) is 36.1 Å². The van der Waals surface area contributed by atoms with Gasteiger partial charge >= 0.3 is 0 Å². The van der Waals surface area contributed by atoms with Crippen LogP contribution >= 0.6 is 11.3 Å². The molecule has 4 nitrogen and oxygen atoms in total. The lowest BCUT2D eigenvalue weighted by Crippen LogP contribution is -2.29. The first kappa shape index (κ1) is 12.3. The van der Waals surface area contributed by atoms with Gasteiger partial charge in [0.2, 0.25) is 0 Å². The van der Waals surface area contributed by atoms with Crippen LogP contribution < -0.4 is 0 Å². The van der Waals surface area contributed by atoms with E-state index in [1.165, 1.54) is 5.01 Å². The summed E-state index contributed by atoms with van der Waals surface area (Å²) in [5, 5.41) is 3.17. The van der Waals surface area contributed by atoms with E-state index in [4.69, 9.17) is 0 Å². The number of aromatic nitrogens is 2. The Bertz CT molecular complexity index is 541. The van der Waals surface area contributed by atoms with Gasteiger partial charge in [-0.25, -0.2) is 4.98 Å². The second kappa shape index (κ2) is 5.48. The molecule has 1 amide bonds. The van der Waals surface area contributed by atoms with E-state index in [2.05, 4.69) is 9.97 Å². The number of thiazole rings is 1. The molecule has 1 aliphatic rings. The Balaban J connectivity index is 1.61. The Kier molecular flexibility index (Phi) is 3.55. The van der Waals surface area contributed by atoms with E-state index in [0.29, 0.717) is 11.5 Å². The molecule has 0 spiro atoms. The predicted octanol–water partition coefficient (Wildman–Crippen LogP) is 2.24. The highest BCUT2D eigenvalue weighted by atomic mass is 32.1. The molecule has 0 N–H and O–H groups in total. The van der Waals surface area contributed by atoms with Gasteiger partial charge < -0.3 is 4.90 Å². The molecule has 0 aromatic carbocycles. The maximum Gasteiger partial charge on any atom is 0.255 e. The van der Waals surface area contributed by atoms with Crippen LogP contribution in [0, 0.1) is 5.92 Å². The second-order valence-electron chi connectivity index (χ2n) is 4.78. The minimum atomic E-state index is 0.0924. The van der Waals surface area contributed by atoms with E-state index in [1.54, 1.807) is 29.8 Å². The molecule has 1 atom stereocenters. The van der Waals surface area contributed by atoms with E-state index in [9.17, 15) is 4.79 Å². The molecule has 5 heteroatoms. The minimum absolute atomic E-state index is 0.0924. The van der Waals surface area contributed by atoms with Crippen LogP contribution in [-0.2, 0) is 6.42 Å². The predicted molar refractivity (Wildman–Crippen MR) is 74.1 cm³/mol. The van der Waals surface area contributed by atoms with E-state index in [1.807, 2.05) is 22.5 Å². The van der Waals surface area contributed by atoms with Gasteiger partial charge in [0.1, 0.15) is 0 Å². The molecule has 0 saturated carbocycles. The lowest BCUT2D eigenvalue weighted by atomic mass is 10.1. The lowest BCUT2D eigenvalue weighted by molar-refractivity contribution is 0.0786. The Morgan fingerprint density at radius 1 is 1.47 bits per heavy atom. The molecule has 0 aliphatic carbocycles. The van der Waals surface area contributed by atoms with Crippen molar-refractivity contribution in [2.75, 3.05) is 13.1 Å². The van der Waals surface area contributed by atoms with Crippen molar-refractivity contribution in [3.05, 3.63) is 46.7 Å². The van der Waals surface area contributed by atoms with Gasteiger partial charge in [-0.15, -0.1) is 11.3 Å². The van der Waals surface area contributed by atoms with Crippen molar-refractivity contribution in [2.45, 2.75) is 12.8 Å². The van der Waals surface area contributed by atoms with Crippen LogP contribution in [0.5, 0.6) is 0 Å². The first-order chi connectivity index (χ1) is 9.33. The topological polar surface area (TPSA) is 46.1 Å². The van der Waals surface area contributed by atoms with E-state index < -0.39 is 0 Å². The number of pyridine rings is 1. The summed E-state index contributed by atoms with van der Waals surface area (Å²) in [5.41, 5.74) is 0.678. The SMILES string of the molecule is O=C(c1cccnc1)N1CCC(Cc2nccs2)C1. The molecule has 0 radical (unpaired) electrons. The zero-order chi connectivity index (χ0) is 13.1. The van der Waals surface area contributed by atoms with E-state index >= 15 is 0 Å². The van der Waals surface area contributed by atoms with Crippen LogP contribution in [0.1, 0.15) is 21.8 Å². The van der Waals surface area contributed by atoms with Gasteiger partial charge in [-0.2, -0.15) is 0 Å². The van der Waals surface area contributed by atoms with Crippen molar-refractivity contribution >= 4 is 17.2 Å². The maximum absolute atomic E-state index is 12.3. The fourth-order valence-corrected chi connectivity index (χ4v) is 3.19. The number of hydrogen-bond acceptors (Lipinski definition) is 4. The molecule has 1 fully saturated rings. The molecular formula is C14H15N3OS. The Morgan fingerprint density at radius 2 is 2.42 bits per heavy atom. The third kappa shape index (κ3) is 2.81. The van der Waals surface area contributed by atoms with Crippen LogP contribution in [0.2, 0.25) is 0 Å². The number of carbonyl (C=O) groups excluding carboxylic acids is 1. The van der Waals surface area contributed by atoms with Gasteiger partial charge in [-0.1, -0.05) is 0 Å². The second-order valence-corrected chi connectivity index (χ2v) is 5.76. The number of likely N-dealkylation sites (tertiary alicyclic amines) is 1. The first-order valence-electron chi connectivity index (χ1n) is 6.40. The molecule has 1 aliphatic heterocycles. The summed E-state index contributed by atoms with van der Waals surface area (Å²) in [7, 11) is 0. The molecule has 1 saturated heterocycles. The molecule has 2 aromatic heterocycles. The standard InChI is InChI=1S/C14H15N3OS/c18-14(12-2-1-4-15-9-12)17-6-3-11(10-17)8-13-16-5-7-19-13/h1-2,4-5,7,9,11H,3,6,8,10H2. The number of amides is 1. The van der Waals surface area contributed by atoms with Crippen molar-refractivity contribution in [3.63, 3.8) is 0 Å². The third-order valence-electron chi connectivity index (χ3n) is 3.43. The van der Waals surface area contributed by atoms with Crippen molar-refractivity contribution < 1.29 is 4.79 Å². The highest BCUT2D eigenvalue weighted by molar-refractivity contribution is 7.09. The molecule has 3 heterocycles. The van der Waals surface area contributed by atoms with Gasteiger partial charge in [0.25, 0.3) is 5.91 Å². The van der Waals surface area contributed by atoms with Crippen molar-refractivity contribution in [1.29, 1.82) is 0 Å². The number of carbonyl (C=O) groups is 1. The van der Waals surface area contributed by atoms with E-state index in [-0.39, 0.29) is 5.91 Å². The Hall–Kier alpha value is -1.75. The Labute approximate surface area is 116 Å². The van der Waals surface area contributed by atoms with Gasteiger partial charge in [0.15, 0.2) is 0 Å². The van der Waals surface area contributed by atoms with Gasteiger partial charge in [0.05, 0.1) is 10.6 Å². The summed E-state index contributed by atoms with van der Waals surface area (Å²) in [6, 6.07) is 3.62. The maximum atomic E-state index is 12.3. The largest absolute Gasteiger partial charge is 0.338 e. The fraction of sp³-hybridized carbons (Fsp3) is 0.357. The number of rotatable bonds is 3. The summed E-state index contributed by atoms with van der Waals surface area (Å²) >= 11 is 1.69. The van der Waals surface area contributed by atoms with E-state index in [0.717, 1.165) is 25.9 Å². The molecule has 19 heavy (non-hydrogen) atoms. The summed E-state index contributed by atoms with van der Waals surface area (Å²) < 4.78 is 0. The number of nitrogens with zero attached hydrogens (tertiary/aromatic N) is 3. The summed E-state index contributed by atoms with van der Waals surface area (Å²) in [6.45, 7) is 1.66. The third-order valence-corrected chi connectivity index (χ3v) is 4.23. The van der Waals surface area contributed by atoms with Crippen molar-refractivity contribution in [1.82, 2.24) is 14.9 Å². The normalized spacial score (nSPS) is 18.7. The zero-order valence-electron chi connectivity index (χ0n) is 10.5. The number of hydrogen-bond donors (Lipinski definition) is 0. The molecular weight excluding hydrogens is 258 g/mol.